The third-order valence-electron chi connectivity index (χ3n) is 1.96. The first-order valence-corrected chi connectivity index (χ1v) is 6.29. The maximum atomic E-state index is 9.60. The fraction of sp³-hybridized carbons (Fsp3) is 0.923. The van der Waals surface area contributed by atoms with Crippen LogP contribution in [0.25, 0.3) is 0 Å². The molecule has 0 aliphatic heterocycles. The van der Waals surface area contributed by atoms with Crippen LogP contribution in [0, 0.1) is 0 Å². The highest BCUT2D eigenvalue weighted by Crippen LogP contribution is 2.03. The lowest BCUT2D eigenvalue weighted by atomic mass is 10.1. The summed E-state index contributed by atoms with van der Waals surface area (Å²) in [5.41, 5.74) is 5.03. The highest BCUT2D eigenvalue weighted by atomic mass is 16.5. The summed E-state index contributed by atoms with van der Waals surface area (Å²) < 4.78 is 4.55. The second kappa shape index (κ2) is 12.5. The van der Waals surface area contributed by atoms with E-state index in [9.17, 15) is 4.79 Å². The minimum absolute atomic E-state index is 0.318. The zero-order chi connectivity index (χ0) is 12.9. The van der Waals surface area contributed by atoms with Crippen molar-refractivity contribution in [2.45, 2.75) is 71.8 Å². The van der Waals surface area contributed by atoms with Crippen LogP contribution >= 0.6 is 0 Å². The van der Waals surface area contributed by atoms with Gasteiger partial charge < -0.3 is 10.5 Å². The van der Waals surface area contributed by atoms with Crippen LogP contribution in [0.15, 0.2) is 0 Å². The molecule has 0 heterocycles. The minimum atomic E-state index is -0.318. The maximum absolute atomic E-state index is 9.60. The first-order chi connectivity index (χ1) is 7.47. The van der Waals surface area contributed by atoms with Gasteiger partial charge in [-0.2, -0.15) is 0 Å². The Labute approximate surface area is 101 Å². The summed E-state index contributed by atoms with van der Waals surface area (Å²) in [6.07, 6.45) is 8.05. The first-order valence-electron chi connectivity index (χ1n) is 6.29. The Balaban J connectivity index is 0. The van der Waals surface area contributed by atoms with Crippen LogP contribution in [0.3, 0.4) is 0 Å². The topological polar surface area (TPSA) is 52.3 Å². The SMILES string of the molecule is CC(C)(C)OC=O.CCCCCCCCN. The lowest BCUT2D eigenvalue weighted by Gasteiger charge is -2.14. The second-order valence-electron chi connectivity index (χ2n) is 4.88. The summed E-state index contributed by atoms with van der Waals surface area (Å²) in [5, 5.41) is 0. The summed E-state index contributed by atoms with van der Waals surface area (Å²) >= 11 is 0. The van der Waals surface area contributed by atoms with Gasteiger partial charge in [0.2, 0.25) is 0 Å². The van der Waals surface area contributed by atoms with Crippen LogP contribution in [0.4, 0.5) is 0 Å². The molecular formula is C13H29NO2. The molecular weight excluding hydrogens is 202 g/mol. The second-order valence-corrected chi connectivity index (χ2v) is 4.88. The number of rotatable bonds is 7. The quantitative estimate of drug-likeness (QED) is 0.540. The molecule has 0 bridgehead atoms. The van der Waals surface area contributed by atoms with Crippen LogP contribution in [0.2, 0.25) is 0 Å². The van der Waals surface area contributed by atoms with Gasteiger partial charge in [-0.15, -0.1) is 0 Å². The molecule has 3 heteroatoms. The fourth-order valence-electron chi connectivity index (χ4n) is 1.07. The van der Waals surface area contributed by atoms with Crippen LogP contribution in [-0.2, 0) is 9.53 Å². The molecule has 2 N–H and O–H groups in total. The minimum Gasteiger partial charge on any atom is -0.462 e. The number of carbonyl (C=O) groups excluding carboxylic acids is 1. The Kier molecular flexibility index (Phi) is 13.9. The lowest BCUT2D eigenvalue weighted by Crippen LogP contribution is -2.17. The van der Waals surface area contributed by atoms with Crippen LogP contribution in [-0.4, -0.2) is 18.6 Å². The van der Waals surface area contributed by atoms with E-state index < -0.39 is 0 Å². The number of unbranched alkanes of at least 4 members (excludes halogenated alkanes) is 5. The van der Waals surface area contributed by atoms with E-state index in [0.29, 0.717) is 6.47 Å². The smallest absolute Gasteiger partial charge is 0.293 e. The maximum Gasteiger partial charge on any atom is 0.293 e. The molecule has 98 valence electrons. The zero-order valence-electron chi connectivity index (χ0n) is 11.4. The summed E-state index contributed by atoms with van der Waals surface area (Å²) in [4.78, 5) is 9.60. The van der Waals surface area contributed by atoms with E-state index in [2.05, 4.69) is 11.7 Å². The first kappa shape index (κ1) is 17.8. The van der Waals surface area contributed by atoms with Crippen LogP contribution < -0.4 is 5.73 Å². The molecule has 0 radical (unpaired) electrons. The number of nitrogens with two attached hydrogens (primary N) is 1. The Hall–Kier alpha value is -0.570. The Morgan fingerprint density at radius 2 is 1.56 bits per heavy atom. The molecule has 0 atom stereocenters. The fourth-order valence-corrected chi connectivity index (χ4v) is 1.07. The molecule has 0 aliphatic rings. The monoisotopic (exact) mass is 231 g/mol. The van der Waals surface area contributed by atoms with Gasteiger partial charge in [-0.3, -0.25) is 4.79 Å². The average molecular weight is 231 g/mol. The predicted octanol–water partition coefficient (Wildman–Crippen LogP) is 3.26. The van der Waals surface area contributed by atoms with Crippen molar-refractivity contribution in [3.8, 4) is 0 Å². The van der Waals surface area contributed by atoms with Crippen molar-refractivity contribution in [3.63, 3.8) is 0 Å². The van der Waals surface area contributed by atoms with Gasteiger partial charge in [-0.1, -0.05) is 39.0 Å². The van der Waals surface area contributed by atoms with Crippen molar-refractivity contribution in [2.75, 3.05) is 6.54 Å². The molecule has 0 aliphatic carbocycles. The molecule has 0 rings (SSSR count). The summed E-state index contributed by atoms with van der Waals surface area (Å²) in [6.45, 7) is 9.03. The molecule has 0 unspecified atom stereocenters. The van der Waals surface area contributed by atoms with E-state index in [-0.39, 0.29) is 5.60 Å². The van der Waals surface area contributed by atoms with Crippen molar-refractivity contribution in [2.24, 2.45) is 5.73 Å². The highest BCUT2D eigenvalue weighted by molar-refractivity contribution is 5.37. The van der Waals surface area contributed by atoms with Crippen molar-refractivity contribution in [1.82, 2.24) is 0 Å². The molecule has 0 amide bonds. The Morgan fingerprint density at radius 1 is 1.06 bits per heavy atom. The number of carbonyl (C=O) groups is 1. The molecule has 0 aromatic heterocycles. The van der Waals surface area contributed by atoms with Crippen LogP contribution in [0.1, 0.15) is 66.2 Å². The number of hydrogen-bond acceptors (Lipinski definition) is 3. The van der Waals surface area contributed by atoms with Gasteiger partial charge in [0.05, 0.1) is 0 Å². The summed E-state index contributed by atoms with van der Waals surface area (Å²) in [6, 6.07) is 0. The standard InChI is InChI=1S/C8H19N.C5H10O2/c1-2-3-4-5-6-7-8-9;1-5(2,3)7-4-6/h2-9H2,1H3;4H,1-3H3. The van der Waals surface area contributed by atoms with E-state index in [1.807, 2.05) is 20.8 Å². The number of ether oxygens (including phenoxy) is 1. The Morgan fingerprint density at radius 3 is 1.88 bits per heavy atom. The van der Waals surface area contributed by atoms with E-state index >= 15 is 0 Å². The summed E-state index contributed by atoms with van der Waals surface area (Å²) in [5.74, 6) is 0. The number of hydrogen-bond donors (Lipinski definition) is 1. The molecule has 0 aromatic rings. The molecule has 16 heavy (non-hydrogen) atoms. The van der Waals surface area contributed by atoms with Crippen molar-refractivity contribution in [1.29, 1.82) is 0 Å². The average Bonchev–Trinajstić information content (AvgIpc) is 2.17. The van der Waals surface area contributed by atoms with Gasteiger partial charge in [-0.25, -0.2) is 0 Å². The third-order valence-corrected chi connectivity index (χ3v) is 1.96. The largest absolute Gasteiger partial charge is 0.462 e. The van der Waals surface area contributed by atoms with Crippen LogP contribution in [0.5, 0.6) is 0 Å². The van der Waals surface area contributed by atoms with E-state index in [1.165, 1.54) is 38.5 Å². The molecule has 3 nitrogen and oxygen atoms in total. The highest BCUT2D eigenvalue weighted by Gasteiger charge is 2.07. The van der Waals surface area contributed by atoms with Gasteiger partial charge >= 0.3 is 0 Å². The van der Waals surface area contributed by atoms with Gasteiger partial charge in [-0.05, 0) is 33.7 Å². The molecule has 0 spiro atoms. The Bertz CT molecular complexity index is 135. The van der Waals surface area contributed by atoms with Crippen molar-refractivity contribution in [3.05, 3.63) is 0 Å². The molecule has 0 fully saturated rings. The van der Waals surface area contributed by atoms with Gasteiger partial charge in [0.1, 0.15) is 5.60 Å². The van der Waals surface area contributed by atoms with Crippen molar-refractivity contribution >= 4 is 6.47 Å². The third kappa shape index (κ3) is 23.3. The van der Waals surface area contributed by atoms with E-state index in [4.69, 9.17) is 5.73 Å². The molecule has 0 saturated heterocycles. The predicted molar refractivity (Wildman–Crippen MR) is 69.3 cm³/mol. The molecule has 0 saturated carbocycles. The zero-order valence-corrected chi connectivity index (χ0v) is 11.4. The summed E-state index contributed by atoms with van der Waals surface area (Å²) in [7, 11) is 0. The normalized spacial score (nSPS) is 10.3. The van der Waals surface area contributed by atoms with Crippen molar-refractivity contribution < 1.29 is 9.53 Å². The van der Waals surface area contributed by atoms with Gasteiger partial charge in [0.15, 0.2) is 0 Å². The van der Waals surface area contributed by atoms with Gasteiger partial charge in [0, 0.05) is 0 Å². The lowest BCUT2D eigenvalue weighted by molar-refractivity contribution is -0.138. The van der Waals surface area contributed by atoms with E-state index in [0.717, 1.165) is 6.54 Å². The molecule has 0 aromatic carbocycles. The van der Waals surface area contributed by atoms with Gasteiger partial charge in [0.25, 0.3) is 6.47 Å². The van der Waals surface area contributed by atoms with E-state index in [1.54, 1.807) is 0 Å².